The molecular weight excluding hydrogens is 228 g/mol. The first kappa shape index (κ1) is 13.1. The summed E-state index contributed by atoms with van der Waals surface area (Å²) in [5.74, 6) is 1.69. The van der Waals surface area contributed by atoms with Crippen molar-refractivity contribution in [2.24, 2.45) is 5.73 Å². The zero-order valence-electron chi connectivity index (χ0n) is 11.2. The smallest absolute Gasteiger partial charge is 0.221 e. The van der Waals surface area contributed by atoms with Crippen molar-refractivity contribution >= 4 is 5.82 Å². The van der Waals surface area contributed by atoms with Crippen LogP contribution in [0.25, 0.3) is 0 Å². The molecule has 2 rings (SSSR count). The molecule has 5 heteroatoms. The first-order valence-corrected chi connectivity index (χ1v) is 6.60. The van der Waals surface area contributed by atoms with E-state index in [9.17, 15) is 0 Å². The van der Waals surface area contributed by atoms with Gasteiger partial charge in [-0.1, -0.05) is 0 Å². The van der Waals surface area contributed by atoms with E-state index in [1.54, 1.807) is 13.4 Å². The minimum absolute atomic E-state index is 0.562. The topological polar surface area (TPSA) is 64.3 Å². The zero-order valence-corrected chi connectivity index (χ0v) is 11.2. The highest BCUT2D eigenvalue weighted by Gasteiger charge is 2.27. The lowest BCUT2D eigenvalue weighted by Gasteiger charge is -2.27. The third-order valence-electron chi connectivity index (χ3n) is 3.60. The van der Waals surface area contributed by atoms with Crippen LogP contribution in [0.4, 0.5) is 5.82 Å². The number of nitrogens with zero attached hydrogens (tertiary/aromatic N) is 3. The third-order valence-corrected chi connectivity index (χ3v) is 3.60. The lowest BCUT2D eigenvalue weighted by atomic mass is 10.1. The van der Waals surface area contributed by atoms with Crippen LogP contribution in [-0.4, -0.2) is 36.2 Å². The molecule has 0 radical (unpaired) electrons. The second-order valence-corrected chi connectivity index (χ2v) is 4.75. The molecular formula is C13H22N4O. The largest absolute Gasteiger partial charge is 0.481 e. The number of hydrogen-bond donors (Lipinski definition) is 1. The lowest BCUT2D eigenvalue weighted by Crippen LogP contribution is -2.31. The molecule has 0 bridgehead atoms. The predicted molar refractivity (Wildman–Crippen MR) is 72.0 cm³/mol. The van der Waals surface area contributed by atoms with E-state index < -0.39 is 0 Å². The Labute approximate surface area is 108 Å². The van der Waals surface area contributed by atoms with E-state index in [4.69, 9.17) is 10.5 Å². The second-order valence-electron chi connectivity index (χ2n) is 4.75. The Kier molecular flexibility index (Phi) is 4.36. The van der Waals surface area contributed by atoms with Crippen LogP contribution in [0.5, 0.6) is 5.88 Å². The number of methoxy groups -OCH3 is 1. The van der Waals surface area contributed by atoms with Gasteiger partial charge in [-0.2, -0.15) is 0 Å². The third kappa shape index (κ3) is 2.56. The number of ether oxygens (including phenoxy) is 1. The van der Waals surface area contributed by atoms with Gasteiger partial charge in [-0.15, -0.1) is 0 Å². The van der Waals surface area contributed by atoms with Gasteiger partial charge in [-0.3, -0.25) is 0 Å². The fraction of sp³-hybridized carbons (Fsp3) is 0.692. The molecule has 2 heterocycles. The standard InChI is InChI=1S/C13H22N4O/c1-10-12(15-9-16-13(10)18-2)17-8-4-6-11(17)5-3-7-14/h9,11H,3-8,14H2,1-2H3. The van der Waals surface area contributed by atoms with Crippen LogP contribution in [0, 0.1) is 6.92 Å². The van der Waals surface area contributed by atoms with Crippen LogP contribution in [0.2, 0.25) is 0 Å². The molecule has 1 atom stereocenters. The van der Waals surface area contributed by atoms with Gasteiger partial charge in [0.15, 0.2) is 0 Å². The Bertz CT molecular complexity index is 397. The monoisotopic (exact) mass is 250 g/mol. The van der Waals surface area contributed by atoms with E-state index >= 15 is 0 Å². The SMILES string of the molecule is COc1ncnc(N2CCCC2CCCN)c1C. The number of hydrogen-bond acceptors (Lipinski definition) is 5. The number of aromatic nitrogens is 2. The number of nitrogens with two attached hydrogens (primary N) is 1. The van der Waals surface area contributed by atoms with Gasteiger partial charge < -0.3 is 15.4 Å². The van der Waals surface area contributed by atoms with Crippen LogP contribution in [-0.2, 0) is 0 Å². The summed E-state index contributed by atoms with van der Waals surface area (Å²) in [4.78, 5) is 11.0. The molecule has 1 fully saturated rings. The molecule has 1 aliphatic rings. The highest BCUT2D eigenvalue weighted by Crippen LogP contribution is 2.31. The molecule has 2 N–H and O–H groups in total. The number of rotatable bonds is 5. The van der Waals surface area contributed by atoms with Crippen LogP contribution in [0.15, 0.2) is 6.33 Å². The Morgan fingerprint density at radius 1 is 1.50 bits per heavy atom. The summed E-state index contributed by atoms with van der Waals surface area (Å²) in [5, 5.41) is 0. The first-order valence-electron chi connectivity index (χ1n) is 6.60. The lowest BCUT2D eigenvalue weighted by molar-refractivity contribution is 0.393. The fourth-order valence-electron chi connectivity index (χ4n) is 2.69. The van der Waals surface area contributed by atoms with Crippen molar-refractivity contribution in [1.29, 1.82) is 0 Å². The van der Waals surface area contributed by atoms with Crippen molar-refractivity contribution in [2.75, 3.05) is 25.1 Å². The molecule has 18 heavy (non-hydrogen) atoms. The molecule has 0 amide bonds. The molecule has 0 aliphatic carbocycles. The van der Waals surface area contributed by atoms with Crippen LogP contribution < -0.4 is 15.4 Å². The van der Waals surface area contributed by atoms with E-state index in [1.807, 2.05) is 6.92 Å². The molecule has 5 nitrogen and oxygen atoms in total. The van der Waals surface area contributed by atoms with E-state index in [0.717, 1.165) is 37.3 Å². The molecule has 0 spiro atoms. The van der Waals surface area contributed by atoms with Crippen molar-refractivity contribution < 1.29 is 4.74 Å². The summed E-state index contributed by atoms with van der Waals surface area (Å²) in [6.45, 7) is 3.85. The zero-order chi connectivity index (χ0) is 13.0. The maximum atomic E-state index is 5.60. The van der Waals surface area contributed by atoms with Crippen molar-refractivity contribution in [3.8, 4) is 5.88 Å². The summed E-state index contributed by atoms with van der Waals surface area (Å²) in [6.07, 6.45) is 6.25. The normalized spacial score (nSPS) is 19.3. The van der Waals surface area contributed by atoms with Crippen LogP contribution in [0.1, 0.15) is 31.2 Å². The molecule has 0 aromatic carbocycles. The average molecular weight is 250 g/mol. The highest BCUT2D eigenvalue weighted by atomic mass is 16.5. The molecule has 1 aromatic rings. The van der Waals surface area contributed by atoms with Gasteiger partial charge >= 0.3 is 0 Å². The Balaban J connectivity index is 2.19. The van der Waals surface area contributed by atoms with Crippen molar-refractivity contribution in [2.45, 2.75) is 38.6 Å². The summed E-state index contributed by atoms with van der Waals surface area (Å²) >= 11 is 0. The van der Waals surface area contributed by atoms with Crippen molar-refractivity contribution in [3.63, 3.8) is 0 Å². The first-order chi connectivity index (χ1) is 8.77. The van der Waals surface area contributed by atoms with Gasteiger partial charge in [0, 0.05) is 12.6 Å². The van der Waals surface area contributed by atoms with E-state index in [1.165, 1.54) is 12.8 Å². The molecule has 1 aromatic heterocycles. The minimum Gasteiger partial charge on any atom is -0.481 e. The second kappa shape index (κ2) is 6.00. The average Bonchev–Trinajstić information content (AvgIpc) is 2.84. The summed E-state index contributed by atoms with van der Waals surface area (Å²) in [5.41, 5.74) is 6.63. The molecule has 0 saturated carbocycles. The number of anilines is 1. The van der Waals surface area contributed by atoms with Crippen LogP contribution in [0.3, 0.4) is 0 Å². The van der Waals surface area contributed by atoms with Gasteiger partial charge in [-0.25, -0.2) is 9.97 Å². The van der Waals surface area contributed by atoms with Crippen LogP contribution >= 0.6 is 0 Å². The molecule has 100 valence electrons. The Morgan fingerprint density at radius 2 is 2.33 bits per heavy atom. The summed E-state index contributed by atoms with van der Waals surface area (Å²) in [6, 6.07) is 0.562. The highest BCUT2D eigenvalue weighted by molar-refractivity contribution is 5.51. The molecule has 1 aliphatic heterocycles. The van der Waals surface area contributed by atoms with Gasteiger partial charge in [0.25, 0.3) is 0 Å². The van der Waals surface area contributed by atoms with Gasteiger partial charge in [-0.05, 0) is 39.2 Å². The molecule has 1 unspecified atom stereocenters. The van der Waals surface area contributed by atoms with Gasteiger partial charge in [0.05, 0.1) is 12.7 Å². The van der Waals surface area contributed by atoms with Crippen molar-refractivity contribution in [3.05, 3.63) is 11.9 Å². The van der Waals surface area contributed by atoms with Crippen molar-refractivity contribution in [1.82, 2.24) is 9.97 Å². The van der Waals surface area contributed by atoms with E-state index in [-0.39, 0.29) is 0 Å². The van der Waals surface area contributed by atoms with Gasteiger partial charge in [0.2, 0.25) is 5.88 Å². The summed E-state index contributed by atoms with van der Waals surface area (Å²) in [7, 11) is 1.65. The fourth-order valence-corrected chi connectivity index (χ4v) is 2.69. The Hall–Kier alpha value is -1.36. The predicted octanol–water partition coefficient (Wildman–Crippen LogP) is 1.50. The summed E-state index contributed by atoms with van der Waals surface area (Å²) < 4.78 is 5.26. The minimum atomic E-state index is 0.562. The van der Waals surface area contributed by atoms with E-state index in [2.05, 4.69) is 14.9 Å². The quantitative estimate of drug-likeness (QED) is 0.858. The van der Waals surface area contributed by atoms with E-state index in [0.29, 0.717) is 11.9 Å². The van der Waals surface area contributed by atoms with Gasteiger partial charge in [0.1, 0.15) is 12.1 Å². The maximum Gasteiger partial charge on any atom is 0.221 e. The molecule has 1 saturated heterocycles. The maximum absolute atomic E-state index is 5.60. The Morgan fingerprint density at radius 3 is 3.06 bits per heavy atom.